The fourth-order valence-corrected chi connectivity index (χ4v) is 1.28. The maximum atomic E-state index is 11.4. The van der Waals surface area contributed by atoms with E-state index < -0.39 is 17.7 Å². The Morgan fingerprint density at radius 2 is 1.94 bits per heavy atom. The molecule has 0 aliphatic heterocycles. The third-order valence-electron chi connectivity index (χ3n) is 2.00. The van der Waals surface area contributed by atoms with Gasteiger partial charge in [-0.15, -0.1) is 11.6 Å². The summed E-state index contributed by atoms with van der Waals surface area (Å²) in [6.07, 6.45) is 0. The predicted octanol–water partition coefficient (Wildman–Crippen LogP) is 0.0790. The summed E-state index contributed by atoms with van der Waals surface area (Å²) < 4.78 is 0. The van der Waals surface area contributed by atoms with Crippen molar-refractivity contribution >= 4 is 35.0 Å². The maximum absolute atomic E-state index is 11.4. The molecular formula is C11H12ClN3O3. The first-order valence-electron chi connectivity index (χ1n) is 5.05. The zero-order valence-electron chi connectivity index (χ0n) is 9.40. The SMILES string of the molecule is NC(=O)c1cccc(NC(=O)CNC(=O)CCl)c1. The van der Waals surface area contributed by atoms with Crippen molar-refractivity contribution in [2.75, 3.05) is 17.7 Å². The number of hydrogen-bond acceptors (Lipinski definition) is 3. The highest BCUT2D eigenvalue weighted by Gasteiger charge is 2.06. The van der Waals surface area contributed by atoms with E-state index in [1.54, 1.807) is 12.1 Å². The average molecular weight is 270 g/mol. The number of amides is 3. The first kappa shape index (κ1) is 14.0. The Labute approximate surface area is 108 Å². The van der Waals surface area contributed by atoms with E-state index in [0.29, 0.717) is 5.69 Å². The summed E-state index contributed by atoms with van der Waals surface area (Å²) in [5.74, 6) is -1.64. The molecule has 0 radical (unpaired) electrons. The highest BCUT2D eigenvalue weighted by molar-refractivity contribution is 6.27. The van der Waals surface area contributed by atoms with Gasteiger partial charge in [-0.3, -0.25) is 14.4 Å². The summed E-state index contributed by atoms with van der Waals surface area (Å²) in [5, 5.41) is 4.83. The van der Waals surface area contributed by atoms with Gasteiger partial charge in [-0.25, -0.2) is 0 Å². The van der Waals surface area contributed by atoms with Crippen LogP contribution in [0.4, 0.5) is 5.69 Å². The fourth-order valence-electron chi connectivity index (χ4n) is 1.18. The fraction of sp³-hybridized carbons (Fsp3) is 0.182. The van der Waals surface area contributed by atoms with E-state index in [1.165, 1.54) is 12.1 Å². The largest absolute Gasteiger partial charge is 0.366 e. The molecule has 0 saturated carbocycles. The summed E-state index contributed by atoms with van der Waals surface area (Å²) in [6, 6.07) is 6.18. The number of halogens is 1. The van der Waals surface area contributed by atoms with Crippen LogP contribution in [0.15, 0.2) is 24.3 Å². The minimum Gasteiger partial charge on any atom is -0.366 e. The van der Waals surface area contributed by atoms with Gasteiger partial charge >= 0.3 is 0 Å². The molecule has 1 aromatic rings. The Bertz CT molecular complexity index is 476. The van der Waals surface area contributed by atoms with Gasteiger partial charge in [-0.1, -0.05) is 6.07 Å². The van der Waals surface area contributed by atoms with Gasteiger partial charge in [0.25, 0.3) is 0 Å². The second kappa shape index (κ2) is 6.61. The van der Waals surface area contributed by atoms with Crippen LogP contribution in [0.3, 0.4) is 0 Å². The van der Waals surface area contributed by atoms with Crippen molar-refractivity contribution < 1.29 is 14.4 Å². The molecule has 0 bridgehead atoms. The van der Waals surface area contributed by atoms with E-state index in [1.807, 2.05) is 0 Å². The maximum Gasteiger partial charge on any atom is 0.248 e. The van der Waals surface area contributed by atoms with Crippen molar-refractivity contribution in [2.45, 2.75) is 0 Å². The van der Waals surface area contributed by atoms with Crippen molar-refractivity contribution in [3.8, 4) is 0 Å². The summed E-state index contributed by atoms with van der Waals surface area (Å²) in [6.45, 7) is -0.188. The standard InChI is InChI=1S/C11H12ClN3O3/c12-5-9(16)14-6-10(17)15-8-3-1-2-7(4-8)11(13)18/h1-4H,5-6H2,(H2,13,18)(H,14,16)(H,15,17). The molecule has 0 fully saturated rings. The molecular weight excluding hydrogens is 258 g/mol. The van der Waals surface area contributed by atoms with Crippen LogP contribution in [0.25, 0.3) is 0 Å². The molecule has 0 aromatic heterocycles. The second-order valence-corrected chi connectivity index (χ2v) is 3.67. The van der Waals surface area contributed by atoms with Gasteiger partial charge in [0.15, 0.2) is 0 Å². The normalized spacial score (nSPS) is 9.61. The molecule has 0 aliphatic carbocycles. The molecule has 0 unspecified atom stereocenters. The Hall–Kier alpha value is -2.08. The van der Waals surface area contributed by atoms with Crippen LogP contribution >= 0.6 is 11.6 Å². The number of nitrogens with two attached hydrogens (primary N) is 1. The van der Waals surface area contributed by atoms with Crippen LogP contribution < -0.4 is 16.4 Å². The molecule has 6 nitrogen and oxygen atoms in total. The molecule has 18 heavy (non-hydrogen) atoms. The van der Waals surface area contributed by atoms with Gasteiger partial charge in [0.2, 0.25) is 17.7 Å². The number of primary amides is 1. The van der Waals surface area contributed by atoms with Gasteiger partial charge in [-0.2, -0.15) is 0 Å². The zero-order valence-corrected chi connectivity index (χ0v) is 10.2. The van der Waals surface area contributed by atoms with Crippen LogP contribution in [-0.2, 0) is 9.59 Å². The van der Waals surface area contributed by atoms with Crippen LogP contribution in [0.2, 0.25) is 0 Å². The second-order valence-electron chi connectivity index (χ2n) is 3.40. The summed E-state index contributed by atoms with van der Waals surface area (Å²) in [4.78, 5) is 33.2. The van der Waals surface area contributed by atoms with E-state index in [0.717, 1.165) is 0 Å². The van der Waals surface area contributed by atoms with E-state index in [-0.39, 0.29) is 18.0 Å². The van der Waals surface area contributed by atoms with Crippen molar-refractivity contribution in [3.63, 3.8) is 0 Å². The van der Waals surface area contributed by atoms with Gasteiger partial charge in [-0.05, 0) is 18.2 Å². The number of benzene rings is 1. The predicted molar refractivity (Wildman–Crippen MR) is 67.3 cm³/mol. The van der Waals surface area contributed by atoms with E-state index in [4.69, 9.17) is 17.3 Å². The Morgan fingerprint density at radius 1 is 1.22 bits per heavy atom. The van der Waals surface area contributed by atoms with Crippen LogP contribution in [-0.4, -0.2) is 30.1 Å². The lowest BCUT2D eigenvalue weighted by Crippen LogP contribution is -2.33. The summed E-state index contributed by atoms with van der Waals surface area (Å²) in [7, 11) is 0. The minimum atomic E-state index is -0.582. The van der Waals surface area contributed by atoms with E-state index >= 15 is 0 Å². The van der Waals surface area contributed by atoms with Gasteiger partial charge in [0, 0.05) is 11.3 Å². The van der Waals surface area contributed by atoms with Gasteiger partial charge < -0.3 is 16.4 Å². The van der Waals surface area contributed by atoms with Gasteiger partial charge in [0.05, 0.1) is 6.54 Å². The molecule has 0 aliphatic rings. The van der Waals surface area contributed by atoms with E-state index in [2.05, 4.69) is 10.6 Å². The smallest absolute Gasteiger partial charge is 0.248 e. The lowest BCUT2D eigenvalue weighted by atomic mass is 10.2. The number of anilines is 1. The van der Waals surface area contributed by atoms with Crippen molar-refractivity contribution in [1.29, 1.82) is 0 Å². The molecule has 0 spiro atoms. The minimum absolute atomic E-state index is 0.188. The lowest BCUT2D eigenvalue weighted by molar-refractivity contribution is -0.122. The number of carbonyl (C=O) groups excluding carboxylic acids is 3. The number of alkyl halides is 1. The van der Waals surface area contributed by atoms with E-state index in [9.17, 15) is 14.4 Å². The van der Waals surface area contributed by atoms with Crippen molar-refractivity contribution in [1.82, 2.24) is 5.32 Å². The van der Waals surface area contributed by atoms with Crippen molar-refractivity contribution in [2.24, 2.45) is 5.73 Å². The monoisotopic (exact) mass is 269 g/mol. The summed E-state index contributed by atoms with van der Waals surface area (Å²) in [5.41, 5.74) is 5.82. The Balaban J connectivity index is 2.56. The van der Waals surface area contributed by atoms with Crippen LogP contribution in [0.1, 0.15) is 10.4 Å². The number of rotatable bonds is 5. The highest BCUT2D eigenvalue weighted by Crippen LogP contribution is 2.09. The third-order valence-corrected chi connectivity index (χ3v) is 2.24. The molecule has 1 aromatic carbocycles. The first-order chi connectivity index (χ1) is 8.52. The summed E-state index contributed by atoms with van der Waals surface area (Å²) >= 11 is 5.26. The molecule has 4 N–H and O–H groups in total. The Kier molecular flexibility index (Phi) is 5.13. The van der Waals surface area contributed by atoms with Crippen LogP contribution in [0, 0.1) is 0 Å². The topological polar surface area (TPSA) is 101 Å². The van der Waals surface area contributed by atoms with Gasteiger partial charge in [0.1, 0.15) is 5.88 Å². The average Bonchev–Trinajstić information content (AvgIpc) is 2.36. The highest BCUT2D eigenvalue weighted by atomic mass is 35.5. The molecule has 96 valence electrons. The zero-order chi connectivity index (χ0) is 13.5. The lowest BCUT2D eigenvalue weighted by Gasteiger charge is -2.06. The molecule has 1 rings (SSSR count). The third kappa shape index (κ3) is 4.42. The number of hydrogen-bond donors (Lipinski definition) is 3. The molecule has 0 heterocycles. The van der Waals surface area contributed by atoms with Crippen molar-refractivity contribution in [3.05, 3.63) is 29.8 Å². The quantitative estimate of drug-likeness (QED) is 0.660. The van der Waals surface area contributed by atoms with Crippen LogP contribution in [0.5, 0.6) is 0 Å². The molecule has 0 saturated heterocycles. The number of carbonyl (C=O) groups is 3. The molecule has 7 heteroatoms. The first-order valence-corrected chi connectivity index (χ1v) is 5.58. The Morgan fingerprint density at radius 3 is 2.56 bits per heavy atom. The molecule has 3 amide bonds. The number of nitrogens with one attached hydrogen (secondary N) is 2. The molecule has 0 atom stereocenters.